The van der Waals surface area contributed by atoms with Crippen LogP contribution in [0, 0.1) is 0 Å². The standard InChI is InChI=1S/C25H32N2O3/c1-19(2)20-10-12-21(13-11-20)25(29)27-16-14-22(15-17-27)26-24(28)9-6-18-30-23-7-4-3-5-8-23/h3-5,7-8,10-13,19,22H,6,9,14-18H2,1-2H3,(H,26,28). The van der Waals surface area contributed by atoms with Crippen LogP contribution in [-0.4, -0.2) is 42.5 Å². The van der Waals surface area contributed by atoms with Gasteiger partial charge < -0.3 is 15.0 Å². The van der Waals surface area contributed by atoms with Crippen LogP contribution in [0.25, 0.3) is 0 Å². The molecule has 0 atom stereocenters. The van der Waals surface area contributed by atoms with Crippen LogP contribution in [0.1, 0.15) is 61.4 Å². The molecule has 0 aromatic heterocycles. The van der Waals surface area contributed by atoms with E-state index in [2.05, 4.69) is 19.2 Å². The number of nitrogens with one attached hydrogen (secondary N) is 1. The van der Waals surface area contributed by atoms with Crippen molar-refractivity contribution in [2.24, 2.45) is 0 Å². The molecule has 0 radical (unpaired) electrons. The number of carbonyl (C=O) groups is 2. The lowest BCUT2D eigenvalue weighted by atomic mass is 10.0. The maximum Gasteiger partial charge on any atom is 0.253 e. The second kappa shape index (κ2) is 10.8. The number of ether oxygens (including phenoxy) is 1. The number of rotatable bonds is 8. The first-order valence-corrected chi connectivity index (χ1v) is 10.9. The largest absolute Gasteiger partial charge is 0.494 e. The first-order chi connectivity index (χ1) is 14.5. The monoisotopic (exact) mass is 408 g/mol. The van der Waals surface area contributed by atoms with E-state index in [4.69, 9.17) is 4.74 Å². The van der Waals surface area contributed by atoms with Crippen LogP contribution in [-0.2, 0) is 4.79 Å². The number of hydrogen-bond donors (Lipinski definition) is 1. The lowest BCUT2D eigenvalue weighted by Gasteiger charge is -2.32. The van der Waals surface area contributed by atoms with Gasteiger partial charge in [-0.2, -0.15) is 0 Å². The summed E-state index contributed by atoms with van der Waals surface area (Å²) in [5.74, 6) is 1.42. The number of likely N-dealkylation sites (tertiary alicyclic amines) is 1. The van der Waals surface area contributed by atoms with Crippen LogP contribution in [0.15, 0.2) is 54.6 Å². The van der Waals surface area contributed by atoms with Gasteiger partial charge in [-0.1, -0.05) is 44.2 Å². The lowest BCUT2D eigenvalue weighted by molar-refractivity contribution is -0.122. The van der Waals surface area contributed by atoms with Crippen LogP contribution >= 0.6 is 0 Å². The van der Waals surface area contributed by atoms with Crippen LogP contribution in [0.4, 0.5) is 0 Å². The Kier molecular flexibility index (Phi) is 7.89. The fourth-order valence-corrected chi connectivity index (χ4v) is 3.66. The smallest absolute Gasteiger partial charge is 0.253 e. The number of amides is 2. The molecule has 0 saturated carbocycles. The van der Waals surface area contributed by atoms with E-state index in [1.807, 2.05) is 59.5 Å². The topological polar surface area (TPSA) is 58.6 Å². The Hall–Kier alpha value is -2.82. The highest BCUT2D eigenvalue weighted by atomic mass is 16.5. The van der Waals surface area contributed by atoms with Crippen molar-refractivity contribution in [1.29, 1.82) is 0 Å². The average molecular weight is 409 g/mol. The van der Waals surface area contributed by atoms with Gasteiger partial charge in [0.2, 0.25) is 5.91 Å². The molecule has 5 nitrogen and oxygen atoms in total. The first kappa shape index (κ1) is 21.9. The van der Waals surface area contributed by atoms with Crippen molar-refractivity contribution in [2.75, 3.05) is 19.7 Å². The molecular weight excluding hydrogens is 376 g/mol. The van der Waals surface area contributed by atoms with Gasteiger partial charge in [-0.15, -0.1) is 0 Å². The molecule has 2 aromatic carbocycles. The zero-order valence-electron chi connectivity index (χ0n) is 18.0. The van der Waals surface area contributed by atoms with Crippen molar-refractivity contribution in [3.8, 4) is 5.75 Å². The van der Waals surface area contributed by atoms with Gasteiger partial charge in [-0.3, -0.25) is 9.59 Å². The molecule has 0 aliphatic carbocycles. The van der Waals surface area contributed by atoms with Gasteiger partial charge in [-0.05, 0) is 55.0 Å². The summed E-state index contributed by atoms with van der Waals surface area (Å²) in [7, 11) is 0. The molecule has 1 N–H and O–H groups in total. The van der Waals surface area contributed by atoms with Crippen molar-refractivity contribution in [3.05, 3.63) is 65.7 Å². The van der Waals surface area contributed by atoms with Crippen LogP contribution < -0.4 is 10.1 Å². The number of hydrogen-bond acceptors (Lipinski definition) is 3. The molecule has 1 saturated heterocycles. The van der Waals surface area contributed by atoms with Gasteiger partial charge in [0.15, 0.2) is 0 Å². The number of para-hydroxylation sites is 1. The molecule has 0 spiro atoms. The summed E-state index contributed by atoms with van der Waals surface area (Å²) in [6.45, 7) is 6.16. The minimum atomic E-state index is 0.0562. The van der Waals surface area contributed by atoms with Gasteiger partial charge in [0.05, 0.1) is 6.61 Å². The predicted octanol–water partition coefficient (Wildman–Crippen LogP) is 4.39. The molecule has 3 rings (SSSR count). The first-order valence-electron chi connectivity index (χ1n) is 10.9. The summed E-state index contributed by atoms with van der Waals surface area (Å²) in [5.41, 5.74) is 1.97. The van der Waals surface area contributed by atoms with Crippen LogP contribution in [0.5, 0.6) is 5.75 Å². The van der Waals surface area contributed by atoms with Crippen LogP contribution in [0.3, 0.4) is 0 Å². The Bertz CT molecular complexity index is 810. The lowest BCUT2D eigenvalue weighted by Crippen LogP contribution is -2.46. The molecule has 2 aromatic rings. The van der Waals surface area contributed by atoms with E-state index >= 15 is 0 Å². The fourth-order valence-electron chi connectivity index (χ4n) is 3.66. The minimum Gasteiger partial charge on any atom is -0.494 e. The van der Waals surface area contributed by atoms with E-state index in [-0.39, 0.29) is 17.9 Å². The Morgan fingerprint density at radius 3 is 2.33 bits per heavy atom. The summed E-state index contributed by atoms with van der Waals surface area (Å²) in [6.07, 6.45) is 2.72. The number of carbonyl (C=O) groups excluding carboxylic acids is 2. The van der Waals surface area contributed by atoms with Gasteiger partial charge in [-0.25, -0.2) is 0 Å². The second-order valence-electron chi connectivity index (χ2n) is 8.18. The maximum atomic E-state index is 12.7. The summed E-state index contributed by atoms with van der Waals surface area (Å²) >= 11 is 0. The third-order valence-electron chi connectivity index (χ3n) is 5.53. The van der Waals surface area contributed by atoms with Gasteiger partial charge in [0, 0.05) is 31.1 Å². The zero-order valence-corrected chi connectivity index (χ0v) is 18.0. The van der Waals surface area contributed by atoms with Crippen molar-refractivity contribution >= 4 is 11.8 Å². The van der Waals surface area contributed by atoms with E-state index in [1.54, 1.807) is 0 Å². The third kappa shape index (κ3) is 6.34. The molecule has 1 aliphatic rings. The normalized spacial score (nSPS) is 14.6. The van der Waals surface area contributed by atoms with Crippen molar-refractivity contribution in [2.45, 2.75) is 51.5 Å². The maximum absolute atomic E-state index is 12.7. The molecule has 0 unspecified atom stereocenters. The fraction of sp³-hybridized carbons (Fsp3) is 0.440. The summed E-state index contributed by atoms with van der Waals surface area (Å²) in [6, 6.07) is 17.7. The van der Waals surface area contributed by atoms with E-state index in [1.165, 1.54) is 5.56 Å². The molecule has 30 heavy (non-hydrogen) atoms. The van der Waals surface area contributed by atoms with E-state index in [0.717, 1.165) is 24.2 Å². The molecule has 5 heteroatoms. The molecular formula is C25H32N2O3. The van der Waals surface area contributed by atoms with Crippen molar-refractivity contribution in [3.63, 3.8) is 0 Å². The molecule has 0 bridgehead atoms. The van der Waals surface area contributed by atoms with Gasteiger partial charge in [0.1, 0.15) is 5.75 Å². The highest BCUT2D eigenvalue weighted by Crippen LogP contribution is 2.18. The molecule has 160 valence electrons. The highest BCUT2D eigenvalue weighted by Gasteiger charge is 2.24. The average Bonchev–Trinajstić information content (AvgIpc) is 2.77. The SMILES string of the molecule is CC(C)c1ccc(C(=O)N2CCC(NC(=O)CCCOc3ccccc3)CC2)cc1. The second-order valence-corrected chi connectivity index (χ2v) is 8.18. The highest BCUT2D eigenvalue weighted by molar-refractivity contribution is 5.94. The Morgan fingerprint density at radius 2 is 1.70 bits per heavy atom. The molecule has 1 heterocycles. The molecule has 1 aliphatic heterocycles. The Balaban J connectivity index is 1.35. The summed E-state index contributed by atoms with van der Waals surface area (Å²) in [5, 5.41) is 3.10. The number of nitrogens with zero attached hydrogens (tertiary/aromatic N) is 1. The molecule has 1 fully saturated rings. The summed E-state index contributed by atoms with van der Waals surface area (Å²) < 4.78 is 5.63. The third-order valence-corrected chi connectivity index (χ3v) is 5.53. The van der Waals surface area contributed by atoms with Crippen molar-refractivity contribution < 1.29 is 14.3 Å². The van der Waals surface area contributed by atoms with Gasteiger partial charge >= 0.3 is 0 Å². The van der Waals surface area contributed by atoms with E-state index in [9.17, 15) is 9.59 Å². The van der Waals surface area contributed by atoms with E-state index in [0.29, 0.717) is 38.5 Å². The quantitative estimate of drug-likeness (QED) is 0.659. The Morgan fingerprint density at radius 1 is 1.03 bits per heavy atom. The number of benzene rings is 2. The van der Waals surface area contributed by atoms with Gasteiger partial charge in [0.25, 0.3) is 5.91 Å². The predicted molar refractivity (Wildman–Crippen MR) is 119 cm³/mol. The molecule has 2 amide bonds. The number of piperidine rings is 1. The van der Waals surface area contributed by atoms with E-state index < -0.39 is 0 Å². The van der Waals surface area contributed by atoms with Crippen LogP contribution in [0.2, 0.25) is 0 Å². The minimum absolute atomic E-state index is 0.0562. The summed E-state index contributed by atoms with van der Waals surface area (Å²) in [4.78, 5) is 26.8. The zero-order chi connectivity index (χ0) is 21.3. The Labute approximate surface area is 179 Å². The van der Waals surface area contributed by atoms with Crippen molar-refractivity contribution in [1.82, 2.24) is 10.2 Å².